The number of carbonyl (C=O) groups excluding carboxylic acids is 1. The van der Waals surface area contributed by atoms with Gasteiger partial charge in [0.1, 0.15) is 0 Å². The number of benzene rings is 1. The van der Waals surface area contributed by atoms with Crippen molar-refractivity contribution in [1.29, 1.82) is 0 Å². The SMILES string of the molecule is Cc1ccc(C(=O)N2CCC(OCCC(=O)O)CC2)cc1. The lowest BCUT2D eigenvalue weighted by Gasteiger charge is -2.32. The Bertz CT molecular complexity index is 490. The van der Waals surface area contributed by atoms with Gasteiger partial charge in [0.05, 0.1) is 19.1 Å². The first-order valence-corrected chi connectivity index (χ1v) is 7.25. The molecule has 0 bridgehead atoms. The van der Waals surface area contributed by atoms with Crippen LogP contribution in [0.4, 0.5) is 0 Å². The molecule has 1 aliphatic rings. The van der Waals surface area contributed by atoms with E-state index in [4.69, 9.17) is 9.84 Å². The van der Waals surface area contributed by atoms with E-state index in [0.717, 1.165) is 18.4 Å². The Balaban J connectivity index is 1.79. The maximum atomic E-state index is 12.3. The van der Waals surface area contributed by atoms with E-state index >= 15 is 0 Å². The lowest BCUT2D eigenvalue weighted by atomic mass is 10.1. The van der Waals surface area contributed by atoms with Crippen molar-refractivity contribution >= 4 is 11.9 Å². The fourth-order valence-electron chi connectivity index (χ4n) is 2.42. The van der Waals surface area contributed by atoms with E-state index in [2.05, 4.69) is 0 Å². The van der Waals surface area contributed by atoms with E-state index in [-0.39, 0.29) is 25.0 Å². The van der Waals surface area contributed by atoms with Gasteiger partial charge in [0.15, 0.2) is 0 Å². The number of aliphatic carboxylic acids is 1. The zero-order valence-corrected chi connectivity index (χ0v) is 12.2. The summed E-state index contributed by atoms with van der Waals surface area (Å²) in [4.78, 5) is 24.6. The molecule has 0 radical (unpaired) electrons. The van der Waals surface area contributed by atoms with Gasteiger partial charge in [-0.1, -0.05) is 17.7 Å². The number of carbonyl (C=O) groups is 2. The number of carboxylic acid groups (broad SMARTS) is 1. The Morgan fingerprint density at radius 3 is 2.43 bits per heavy atom. The van der Waals surface area contributed by atoms with Crippen LogP contribution in [0.15, 0.2) is 24.3 Å². The number of hydrogen-bond donors (Lipinski definition) is 1. The van der Waals surface area contributed by atoms with E-state index in [1.165, 1.54) is 0 Å². The first kappa shape index (κ1) is 15.5. The monoisotopic (exact) mass is 291 g/mol. The van der Waals surface area contributed by atoms with Gasteiger partial charge in [0, 0.05) is 18.7 Å². The molecule has 0 atom stereocenters. The van der Waals surface area contributed by atoms with Crippen molar-refractivity contribution in [2.45, 2.75) is 32.3 Å². The third kappa shape index (κ3) is 4.56. The molecule has 0 spiro atoms. The number of carboxylic acids is 1. The van der Waals surface area contributed by atoms with Crippen molar-refractivity contribution in [2.75, 3.05) is 19.7 Å². The van der Waals surface area contributed by atoms with Crippen LogP contribution in [0, 0.1) is 6.92 Å². The second-order valence-electron chi connectivity index (χ2n) is 5.37. The number of nitrogens with zero attached hydrogens (tertiary/aromatic N) is 1. The molecule has 1 aliphatic heterocycles. The summed E-state index contributed by atoms with van der Waals surface area (Å²) in [6.45, 7) is 3.55. The Labute approximate surface area is 124 Å². The highest BCUT2D eigenvalue weighted by molar-refractivity contribution is 5.94. The number of likely N-dealkylation sites (tertiary alicyclic amines) is 1. The molecule has 1 aromatic rings. The third-order valence-electron chi connectivity index (χ3n) is 3.70. The van der Waals surface area contributed by atoms with Gasteiger partial charge in [0.25, 0.3) is 5.91 Å². The molecule has 0 aromatic heterocycles. The molecule has 5 nitrogen and oxygen atoms in total. The molecule has 0 unspecified atom stereocenters. The quantitative estimate of drug-likeness (QED) is 0.902. The maximum Gasteiger partial charge on any atom is 0.305 e. The van der Waals surface area contributed by atoms with Crippen LogP contribution in [0.5, 0.6) is 0 Å². The fourth-order valence-corrected chi connectivity index (χ4v) is 2.42. The number of amides is 1. The Morgan fingerprint density at radius 1 is 1.24 bits per heavy atom. The second-order valence-corrected chi connectivity index (χ2v) is 5.37. The summed E-state index contributed by atoms with van der Waals surface area (Å²) in [5, 5.41) is 8.57. The summed E-state index contributed by atoms with van der Waals surface area (Å²) in [5.74, 6) is -0.791. The fraction of sp³-hybridized carbons (Fsp3) is 0.500. The Kier molecular flexibility index (Phi) is 5.33. The van der Waals surface area contributed by atoms with Crippen molar-refractivity contribution in [3.8, 4) is 0 Å². The smallest absolute Gasteiger partial charge is 0.305 e. The Hall–Kier alpha value is -1.88. The van der Waals surface area contributed by atoms with Gasteiger partial charge in [-0.05, 0) is 31.9 Å². The van der Waals surface area contributed by atoms with E-state index in [1.807, 2.05) is 36.1 Å². The van der Waals surface area contributed by atoms with Crippen LogP contribution in [0.2, 0.25) is 0 Å². The highest BCUT2D eigenvalue weighted by Crippen LogP contribution is 2.17. The predicted molar refractivity (Wildman–Crippen MR) is 78.3 cm³/mol. The van der Waals surface area contributed by atoms with E-state index in [9.17, 15) is 9.59 Å². The number of rotatable bonds is 5. The molecule has 1 N–H and O–H groups in total. The topological polar surface area (TPSA) is 66.8 Å². The van der Waals surface area contributed by atoms with Crippen LogP contribution in [0.3, 0.4) is 0 Å². The molecule has 1 aromatic carbocycles. The van der Waals surface area contributed by atoms with Gasteiger partial charge in [-0.15, -0.1) is 0 Å². The van der Waals surface area contributed by atoms with Crippen LogP contribution in [-0.4, -0.2) is 47.7 Å². The summed E-state index contributed by atoms with van der Waals surface area (Å²) in [6, 6.07) is 7.59. The van der Waals surface area contributed by atoms with Gasteiger partial charge in [-0.25, -0.2) is 0 Å². The number of ether oxygens (including phenoxy) is 1. The minimum Gasteiger partial charge on any atom is -0.481 e. The first-order chi connectivity index (χ1) is 10.1. The van der Waals surface area contributed by atoms with Crippen molar-refractivity contribution in [1.82, 2.24) is 4.90 Å². The second kappa shape index (κ2) is 7.22. The molecule has 1 amide bonds. The molecule has 21 heavy (non-hydrogen) atoms. The third-order valence-corrected chi connectivity index (χ3v) is 3.70. The van der Waals surface area contributed by atoms with Crippen LogP contribution in [0.1, 0.15) is 35.2 Å². The van der Waals surface area contributed by atoms with Crippen molar-refractivity contribution < 1.29 is 19.4 Å². The summed E-state index contributed by atoms with van der Waals surface area (Å²) in [5.41, 5.74) is 1.85. The normalized spacial score (nSPS) is 16.0. The predicted octanol–water partition coefficient (Wildman–Crippen LogP) is 2.09. The Morgan fingerprint density at radius 2 is 1.86 bits per heavy atom. The first-order valence-electron chi connectivity index (χ1n) is 7.25. The summed E-state index contributed by atoms with van der Waals surface area (Å²) in [6.07, 6.45) is 1.61. The summed E-state index contributed by atoms with van der Waals surface area (Å²) < 4.78 is 5.52. The highest BCUT2D eigenvalue weighted by atomic mass is 16.5. The van der Waals surface area contributed by atoms with Crippen LogP contribution >= 0.6 is 0 Å². The zero-order chi connectivity index (χ0) is 15.2. The summed E-state index contributed by atoms with van der Waals surface area (Å²) in [7, 11) is 0. The van der Waals surface area contributed by atoms with Crippen LogP contribution < -0.4 is 0 Å². The number of hydrogen-bond acceptors (Lipinski definition) is 3. The standard InChI is InChI=1S/C16H21NO4/c1-12-2-4-13(5-3-12)16(20)17-9-6-14(7-10-17)21-11-8-15(18)19/h2-5,14H,6-11H2,1H3,(H,18,19). The van der Waals surface area contributed by atoms with E-state index in [1.54, 1.807) is 0 Å². The highest BCUT2D eigenvalue weighted by Gasteiger charge is 2.24. The van der Waals surface area contributed by atoms with Crippen molar-refractivity contribution in [3.63, 3.8) is 0 Å². The van der Waals surface area contributed by atoms with Gasteiger partial charge in [0.2, 0.25) is 0 Å². The van der Waals surface area contributed by atoms with Gasteiger partial charge in [-0.2, -0.15) is 0 Å². The average Bonchev–Trinajstić information content (AvgIpc) is 2.48. The number of aryl methyl sites for hydroxylation is 1. The van der Waals surface area contributed by atoms with Crippen LogP contribution in [0.25, 0.3) is 0 Å². The molecular weight excluding hydrogens is 270 g/mol. The molecule has 1 saturated heterocycles. The lowest BCUT2D eigenvalue weighted by Crippen LogP contribution is -2.41. The van der Waals surface area contributed by atoms with E-state index in [0.29, 0.717) is 18.7 Å². The molecule has 0 aliphatic carbocycles. The molecule has 114 valence electrons. The average molecular weight is 291 g/mol. The molecule has 1 heterocycles. The van der Waals surface area contributed by atoms with Crippen LogP contribution in [-0.2, 0) is 9.53 Å². The largest absolute Gasteiger partial charge is 0.481 e. The van der Waals surface area contributed by atoms with Gasteiger partial charge in [-0.3, -0.25) is 9.59 Å². The van der Waals surface area contributed by atoms with Gasteiger partial charge >= 0.3 is 5.97 Å². The minimum absolute atomic E-state index is 0.0303. The van der Waals surface area contributed by atoms with Crippen molar-refractivity contribution in [3.05, 3.63) is 35.4 Å². The zero-order valence-electron chi connectivity index (χ0n) is 12.2. The summed E-state index contributed by atoms with van der Waals surface area (Å²) >= 11 is 0. The molecule has 5 heteroatoms. The maximum absolute atomic E-state index is 12.3. The minimum atomic E-state index is -0.845. The van der Waals surface area contributed by atoms with Gasteiger partial charge < -0.3 is 14.7 Å². The molecular formula is C16H21NO4. The lowest BCUT2D eigenvalue weighted by molar-refractivity contribution is -0.138. The molecule has 2 rings (SSSR count). The van der Waals surface area contributed by atoms with E-state index < -0.39 is 5.97 Å². The number of piperidine rings is 1. The molecule has 0 saturated carbocycles. The van der Waals surface area contributed by atoms with Crippen molar-refractivity contribution in [2.24, 2.45) is 0 Å². The molecule has 1 fully saturated rings.